The predicted molar refractivity (Wildman–Crippen MR) is 82.9 cm³/mol. The van der Waals surface area contributed by atoms with E-state index in [1.54, 1.807) is 18.2 Å². The molecule has 2 aromatic carbocycles. The van der Waals surface area contributed by atoms with Crippen LogP contribution in [-0.2, 0) is 0 Å². The maximum Gasteiger partial charge on any atom is 0.193 e. The second-order valence-corrected chi connectivity index (χ2v) is 6.03. The van der Waals surface area contributed by atoms with Gasteiger partial charge in [-0.3, -0.25) is 4.79 Å². The lowest BCUT2D eigenvalue weighted by Gasteiger charge is -2.26. The molecule has 1 fully saturated rings. The summed E-state index contributed by atoms with van der Waals surface area (Å²) in [6.45, 7) is 0. The zero-order valence-electron chi connectivity index (χ0n) is 10.9. The van der Waals surface area contributed by atoms with Crippen molar-refractivity contribution < 1.29 is 4.79 Å². The molecule has 0 bridgehead atoms. The average Bonchev–Trinajstić information content (AvgIpc) is 2.39. The fraction of sp³-hybridized carbons (Fsp3) is 0.235. The third-order valence-electron chi connectivity index (χ3n) is 3.91. The Balaban J connectivity index is 1.91. The molecule has 1 aliphatic carbocycles. The van der Waals surface area contributed by atoms with Gasteiger partial charge >= 0.3 is 0 Å². The molecule has 0 atom stereocenters. The summed E-state index contributed by atoms with van der Waals surface area (Å²) in [5, 5.41) is 0.874. The molecule has 1 saturated carbocycles. The van der Waals surface area contributed by atoms with Crippen LogP contribution in [0.15, 0.2) is 42.5 Å². The highest BCUT2D eigenvalue weighted by molar-refractivity contribution is 6.42. The molecule has 3 heteroatoms. The minimum Gasteiger partial charge on any atom is -0.289 e. The molecule has 0 aromatic heterocycles. The van der Waals surface area contributed by atoms with Gasteiger partial charge in [0.1, 0.15) is 0 Å². The maximum absolute atomic E-state index is 12.5. The van der Waals surface area contributed by atoms with E-state index in [-0.39, 0.29) is 5.78 Å². The lowest BCUT2D eigenvalue weighted by atomic mass is 9.79. The third kappa shape index (κ3) is 2.61. The van der Waals surface area contributed by atoms with Gasteiger partial charge in [0, 0.05) is 11.1 Å². The quantitative estimate of drug-likeness (QED) is 0.685. The van der Waals surface area contributed by atoms with Crippen molar-refractivity contribution >= 4 is 29.0 Å². The summed E-state index contributed by atoms with van der Waals surface area (Å²) in [6.07, 6.45) is 3.74. The molecular weight excluding hydrogens is 291 g/mol. The van der Waals surface area contributed by atoms with Gasteiger partial charge in [0.25, 0.3) is 0 Å². The van der Waals surface area contributed by atoms with Crippen LogP contribution in [-0.4, -0.2) is 5.78 Å². The zero-order chi connectivity index (χ0) is 14.1. The number of rotatable bonds is 3. The smallest absolute Gasteiger partial charge is 0.193 e. The monoisotopic (exact) mass is 304 g/mol. The Morgan fingerprint density at radius 3 is 2.35 bits per heavy atom. The molecule has 20 heavy (non-hydrogen) atoms. The third-order valence-corrected chi connectivity index (χ3v) is 4.65. The molecule has 0 unspecified atom stereocenters. The minimum atomic E-state index is -0.00950. The number of carbonyl (C=O) groups is 1. The van der Waals surface area contributed by atoms with Crippen LogP contribution in [0.2, 0.25) is 10.0 Å². The first-order valence-electron chi connectivity index (χ1n) is 6.75. The highest BCUT2D eigenvalue weighted by Crippen LogP contribution is 2.36. The molecule has 0 saturated heterocycles. The summed E-state index contributed by atoms with van der Waals surface area (Å²) >= 11 is 11.9. The van der Waals surface area contributed by atoms with Crippen LogP contribution in [0.4, 0.5) is 0 Å². The van der Waals surface area contributed by atoms with Crippen LogP contribution in [0, 0.1) is 0 Å². The van der Waals surface area contributed by atoms with Crippen LogP contribution < -0.4 is 0 Å². The van der Waals surface area contributed by atoms with Crippen molar-refractivity contribution in [2.24, 2.45) is 0 Å². The van der Waals surface area contributed by atoms with Crippen LogP contribution in [0.1, 0.15) is 46.7 Å². The van der Waals surface area contributed by atoms with Crippen LogP contribution in [0.5, 0.6) is 0 Å². The van der Waals surface area contributed by atoms with E-state index < -0.39 is 0 Å². The molecule has 0 amide bonds. The number of carbonyl (C=O) groups excluding carboxylic acids is 1. The number of benzene rings is 2. The maximum atomic E-state index is 12.5. The van der Waals surface area contributed by atoms with Crippen molar-refractivity contribution in [2.45, 2.75) is 25.2 Å². The van der Waals surface area contributed by atoms with E-state index >= 15 is 0 Å². The molecule has 0 radical (unpaired) electrons. The van der Waals surface area contributed by atoms with Crippen molar-refractivity contribution in [1.82, 2.24) is 0 Å². The summed E-state index contributed by atoms with van der Waals surface area (Å²) in [4.78, 5) is 12.5. The van der Waals surface area contributed by atoms with E-state index in [4.69, 9.17) is 23.2 Å². The second kappa shape index (κ2) is 5.59. The van der Waals surface area contributed by atoms with Crippen LogP contribution in [0.25, 0.3) is 0 Å². The first kappa shape index (κ1) is 13.7. The van der Waals surface area contributed by atoms with E-state index in [1.807, 2.05) is 18.2 Å². The Kier molecular flexibility index (Phi) is 3.82. The van der Waals surface area contributed by atoms with Crippen molar-refractivity contribution in [3.05, 3.63) is 69.2 Å². The van der Waals surface area contributed by atoms with E-state index in [1.165, 1.54) is 24.8 Å². The number of hydrogen-bond donors (Lipinski definition) is 0. The Labute approximate surface area is 128 Å². The van der Waals surface area contributed by atoms with Gasteiger partial charge in [0.15, 0.2) is 5.78 Å². The van der Waals surface area contributed by atoms with Gasteiger partial charge in [-0.2, -0.15) is 0 Å². The summed E-state index contributed by atoms with van der Waals surface area (Å²) in [7, 11) is 0. The van der Waals surface area contributed by atoms with Gasteiger partial charge in [-0.25, -0.2) is 0 Å². The molecule has 2 aromatic rings. The predicted octanol–water partition coefficient (Wildman–Crippen LogP) is 5.49. The highest BCUT2D eigenvalue weighted by Gasteiger charge is 2.20. The van der Waals surface area contributed by atoms with E-state index in [0.29, 0.717) is 27.1 Å². The first-order valence-corrected chi connectivity index (χ1v) is 7.50. The largest absolute Gasteiger partial charge is 0.289 e. The van der Waals surface area contributed by atoms with Crippen molar-refractivity contribution in [3.63, 3.8) is 0 Å². The highest BCUT2D eigenvalue weighted by atomic mass is 35.5. The molecular formula is C17H14Cl2O. The van der Waals surface area contributed by atoms with Crippen LogP contribution in [0.3, 0.4) is 0 Å². The molecule has 0 heterocycles. The fourth-order valence-corrected chi connectivity index (χ4v) is 2.78. The van der Waals surface area contributed by atoms with Gasteiger partial charge in [0.2, 0.25) is 0 Å². The number of hydrogen-bond acceptors (Lipinski definition) is 1. The summed E-state index contributed by atoms with van der Waals surface area (Å²) in [5.41, 5.74) is 2.56. The zero-order valence-corrected chi connectivity index (χ0v) is 12.4. The van der Waals surface area contributed by atoms with E-state index in [0.717, 1.165) is 0 Å². The van der Waals surface area contributed by atoms with Crippen LogP contribution >= 0.6 is 23.2 Å². The van der Waals surface area contributed by atoms with Gasteiger partial charge in [-0.15, -0.1) is 0 Å². The standard InChI is InChI=1S/C17H14Cl2O/c18-15-8-7-14(10-16(15)19)17(20)13-6-2-5-12(9-13)11-3-1-4-11/h2,5-11H,1,3-4H2. The van der Waals surface area contributed by atoms with E-state index in [2.05, 4.69) is 6.07 Å². The normalized spacial score (nSPS) is 14.9. The van der Waals surface area contributed by atoms with Gasteiger partial charge in [-0.05, 0) is 48.6 Å². The van der Waals surface area contributed by atoms with Gasteiger partial charge < -0.3 is 0 Å². The molecule has 1 aliphatic rings. The average molecular weight is 305 g/mol. The number of ketones is 1. The Bertz CT molecular complexity index is 660. The molecule has 1 nitrogen and oxygen atoms in total. The lowest BCUT2D eigenvalue weighted by Crippen LogP contribution is -2.10. The van der Waals surface area contributed by atoms with Gasteiger partial charge in [0.05, 0.1) is 10.0 Å². The van der Waals surface area contributed by atoms with Gasteiger partial charge in [-0.1, -0.05) is 47.8 Å². The Morgan fingerprint density at radius 1 is 0.950 bits per heavy atom. The summed E-state index contributed by atoms with van der Waals surface area (Å²) in [6, 6.07) is 12.9. The van der Waals surface area contributed by atoms with Crippen molar-refractivity contribution in [2.75, 3.05) is 0 Å². The van der Waals surface area contributed by atoms with E-state index in [9.17, 15) is 4.79 Å². The fourth-order valence-electron chi connectivity index (χ4n) is 2.48. The Hall–Kier alpha value is -1.31. The summed E-state index contributed by atoms with van der Waals surface area (Å²) in [5.74, 6) is 0.612. The van der Waals surface area contributed by atoms with Crippen molar-refractivity contribution in [3.8, 4) is 0 Å². The second-order valence-electron chi connectivity index (χ2n) is 5.21. The Morgan fingerprint density at radius 2 is 1.70 bits per heavy atom. The lowest BCUT2D eigenvalue weighted by molar-refractivity contribution is 0.103. The topological polar surface area (TPSA) is 17.1 Å². The molecule has 0 aliphatic heterocycles. The molecule has 3 rings (SSSR count). The summed E-state index contributed by atoms with van der Waals surface area (Å²) < 4.78 is 0. The molecule has 102 valence electrons. The van der Waals surface area contributed by atoms with Crippen molar-refractivity contribution in [1.29, 1.82) is 0 Å². The SMILES string of the molecule is O=C(c1cccc(C2CCC2)c1)c1ccc(Cl)c(Cl)c1. The molecule has 0 N–H and O–H groups in total. The first-order chi connectivity index (χ1) is 9.65. The number of halogens is 2. The minimum absolute atomic E-state index is 0.00950. The molecule has 0 spiro atoms.